The molecule has 0 radical (unpaired) electrons. The van der Waals surface area contributed by atoms with Crippen LogP contribution in [0.1, 0.15) is 78.6 Å². The molecule has 4 unspecified atom stereocenters. The second kappa shape index (κ2) is 11.5. The Balaban J connectivity index is 2.38. The van der Waals surface area contributed by atoms with Crippen LogP contribution in [0.2, 0.25) is 0 Å². The van der Waals surface area contributed by atoms with Gasteiger partial charge in [-0.25, -0.2) is 0 Å². The molecule has 2 amide bonds. The monoisotopic (exact) mass is 352 g/mol. The lowest BCUT2D eigenvalue weighted by Crippen LogP contribution is -2.43. The SMILES string of the molecule is CNC(=O)C1CCC(CCCC(C)CCCC(C)C)CC1C(=O)NC. The average Bonchev–Trinajstić information content (AvgIpc) is 2.59. The van der Waals surface area contributed by atoms with Crippen molar-refractivity contribution in [2.75, 3.05) is 14.1 Å². The first-order valence-corrected chi connectivity index (χ1v) is 10.3. The van der Waals surface area contributed by atoms with Crippen LogP contribution < -0.4 is 10.6 Å². The summed E-state index contributed by atoms with van der Waals surface area (Å²) in [6.45, 7) is 6.96. The van der Waals surface area contributed by atoms with E-state index in [1.54, 1.807) is 14.1 Å². The number of amides is 2. The number of hydrogen-bond donors (Lipinski definition) is 2. The van der Waals surface area contributed by atoms with Crippen LogP contribution in [0.4, 0.5) is 0 Å². The molecule has 1 aliphatic rings. The third-order valence-electron chi connectivity index (χ3n) is 5.91. The van der Waals surface area contributed by atoms with E-state index in [0.717, 1.165) is 31.1 Å². The fourth-order valence-corrected chi connectivity index (χ4v) is 4.27. The fourth-order valence-electron chi connectivity index (χ4n) is 4.27. The maximum atomic E-state index is 12.2. The lowest BCUT2D eigenvalue weighted by atomic mass is 9.71. The molecular weight excluding hydrogens is 312 g/mol. The normalized spacial score (nSPS) is 24.8. The van der Waals surface area contributed by atoms with E-state index in [1.165, 1.54) is 38.5 Å². The molecule has 146 valence electrons. The number of nitrogens with one attached hydrogen (secondary N) is 2. The molecule has 1 rings (SSSR count). The first-order valence-electron chi connectivity index (χ1n) is 10.3. The van der Waals surface area contributed by atoms with E-state index < -0.39 is 0 Å². The third kappa shape index (κ3) is 7.79. The average molecular weight is 353 g/mol. The van der Waals surface area contributed by atoms with Gasteiger partial charge in [-0.05, 0) is 37.0 Å². The van der Waals surface area contributed by atoms with E-state index in [0.29, 0.717) is 5.92 Å². The Labute approximate surface area is 154 Å². The third-order valence-corrected chi connectivity index (χ3v) is 5.91. The van der Waals surface area contributed by atoms with Crippen molar-refractivity contribution in [1.82, 2.24) is 10.6 Å². The molecule has 2 N–H and O–H groups in total. The first kappa shape index (κ1) is 22.0. The van der Waals surface area contributed by atoms with Crippen LogP contribution in [0.3, 0.4) is 0 Å². The second-order valence-electron chi connectivity index (χ2n) is 8.48. The Hall–Kier alpha value is -1.06. The Morgan fingerprint density at radius 2 is 1.48 bits per heavy atom. The zero-order valence-electron chi connectivity index (χ0n) is 17.1. The van der Waals surface area contributed by atoms with Crippen molar-refractivity contribution < 1.29 is 9.59 Å². The minimum Gasteiger partial charge on any atom is -0.359 e. The van der Waals surface area contributed by atoms with Crippen LogP contribution in [-0.4, -0.2) is 25.9 Å². The molecule has 0 spiro atoms. The van der Waals surface area contributed by atoms with Gasteiger partial charge in [0.15, 0.2) is 0 Å². The molecule has 4 nitrogen and oxygen atoms in total. The summed E-state index contributed by atoms with van der Waals surface area (Å²) in [5.41, 5.74) is 0. The van der Waals surface area contributed by atoms with Crippen molar-refractivity contribution in [1.29, 1.82) is 0 Å². The quantitative estimate of drug-likeness (QED) is 0.621. The zero-order valence-corrected chi connectivity index (χ0v) is 17.1. The van der Waals surface area contributed by atoms with Crippen LogP contribution in [0.15, 0.2) is 0 Å². The van der Waals surface area contributed by atoms with Crippen LogP contribution in [0.5, 0.6) is 0 Å². The molecule has 0 saturated heterocycles. The first-order chi connectivity index (χ1) is 11.9. The molecule has 0 bridgehead atoms. The standard InChI is InChI=1S/C21H40N2O2/c1-15(2)8-6-9-16(3)10-7-11-17-12-13-18(20(24)22-4)19(14-17)21(25)23-5/h15-19H,6-14H2,1-5H3,(H,22,24)(H,23,25). The lowest BCUT2D eigenvalue weighted by Gasteiger charge is -2.34. The number of hydrogen-bond acceptors (Lipinski definition) is 2. The van der Waals surface area contributed by atoms with E-state index in [2.05, 4.69) is 31.4 Å². The molecule has 4 atom stereocenters. The van der Waals surface area contributed by atoms with Crippen molar-refractivity contribution in [3.63, 3.8) is 0 Å². The summed E-state index contributed by atoms with van der Waals surface area (Å²) in [6.07, 6.45) is 10.5. The van der Waals surface area contributed by atoms with Crippen molar-refractivity contribution in [2.45, 2.75) is 78.6 Å². The fraction of sp³-hybridized carbons (Fsp3) is 0.905. The van der Waals surface area contributed by atoms with Crippen molar-refractivity contribution >= 4 is 11.8 Å². The van der Waals surface area contributed by atoms with Crippen molar-refractivity contribution in [3.05, 3.63) is 0 Å². The summed E-state index contributed by atoms with van der Waals surface area (Å²) in [6, 6.07) is 0. The van der Waals surface area contributed by atoms with Gasteiger partial charge >= 0.3 is 0 Å². The van der Waals surface area contributed by atoms with Gasteiger partial charge in [0, 0.05) is 25.9 Å². The molecule has 1 saturated carbocycles. The molecule has 0 aliphatic heterocycles. The summed E-state index contributed by atoms with van der Waals surface area (Å²) in [4.78, 5) is 24.3. The second-order valence-corrected chi connectivity index (χ2v) is 8.48. The van der Waals surface area contributed by atoms with Gasteiger partial charge in [0.05, 0.1) is 0 Å². The van der Waals surface area contributed by atoms with Gasteiger partial charge in [-0.2, -0.15) is 0 Å². The lowest BCUT2D eigenvalue weighted by molar-refractivity contribution is -0.137. The van der Waals surface area contributed by atoms with Gasteiger partial charge in [0.2, 0.25) is 11.8 Å². The van der Waals surface area contributed by atoms with Gasteiger partial charge in [-0.3, -0.25) is 9.59 Å². The van der Waals surface area contributed by atoms with Crippen LogP contribution in [-0.2, 0) is 9.59 Å². The van der Waals surface area contributed by atoms with E-state index in [4.69, 9.17) is 0 Å². The minimum absolute atomic E-state index is 0.0193. The maximum absolute atomic E-state index is 12.2. The molecule has 0 aromatic heterocycles. The summed E-state index contributed by atoms with van der Waals surface area (Å²) < 4.78 is 0. The Kier molecular flexibility index (Phi) is 10.1. The summed E-state index contributed by atoms with van der Waals surface area (Å²) >= 11 is 0. The van der Waals surface area contributed by atoms with Crippen molar-refractivity contribution in [2.24, 2.45) is 29.6 Å². The topological polar surface area (TPSA) is 58.2 Å². The summed E-state index contributed by atoms with van der Waals surface area (Å²) in [5, 5.41) is 5.48. The molecular formula is C21H40N2O2. The predicted molar refractivity (Wildman–Crippen MR) is 104 cm³/mol. The zero-order chi connectivity index (χ0) is 18.8. The molecule has 1 aliphatic carbocycles. The highest BCUT2D eigenvalue weighted by molar-refractivity contribution is 5.87. The molecule has 4 heteroatoms. The Morgan fingerprint density at radius 3 is 2.08 bits per heavy atom. The highest BCUT2D eigenvalue weighted by Gasteiger charge is 2.38. The number of carbonyl (C=O) groups is 2. The largest absolute Gasteiger partial charge is 0.359 e. The Bertz CT molecular complexity index is 409. The van der Waals surface area contributed by atoms with E-state index >= 15 is 0 Å². The van der Waals surface area contributed by atoms with Crippen LogP contribution >= 0.6 is 0 Å². The smallest absolute Gasteiger partial charge is 0.223 e. The van der Waals surface area contributed by atoms with Crippen molar-refractivity contribution in [3.8, 4) is 0 Å². The Morgan fingerprint density at radius 1 is 0.880 bits per heavy atom. The molecule has 0 aromatic carbocycles. The highest BCUT2D eigenvalue weighted by Crippen LogP contribution is 2.37. The summed E-state index contributed by atoms with van der Waals surface area (Å²) in [5.74, 6) is 1.93. The van der Waals surface area contributed by atoms with E-state index in [1.807, 2.05) is 0 Å². The number of rotatable bonds is 10. The highest BCUT2D eigenvalue weighted by atomic mass is 16.2. The van der Waals surface area contributed by atoms with Gasteiger partial charge < -0.3 is 10.6 Å². The molecule has 0 aromatic rings. The minimum atomic E-state index is -0.160. The van der Waals surface area contributed by atoms with Crippen LogP contribution in [0, 0.1) is 29.6 Å². The van der Waals surface area contributed by atoms with Gasteiger partial charge in [-0.15, -0.1) is 0 Å². The van der Waals surface area contributed by atoms with Gasteiger partial charge in [0.1, 0.15) is 0 Å². The molecule has 1 fully saturated rings. The van der Waals surface area contributed by atoms with Gasteiger partial charge in [-0.1, -0.05) is 59.3 Å². The predicted octanol–water partition coefficient (Wildman–Crippen LogP) is 4.14. The van der Waals surface area contributed by atoms with E-state index in [9.17, 15) is 9.59 Å². The van der Waals surface area contributed by atoms with Crippen LogP contribution in [0.25, 0.3) is 0 Å². The number of carbonyl (C=O) groups excluding carboxylic acids is 2. The van der Waals surface area contributed by atoms with Gasteiger partial charge in [0.25, 0.3) is 0 Å². The summed E-state index contributed by atoms with van der Waals surface area (Å²) in [7, 11) is 3.34. The van der Waals surface area contributed by atoms with E-state index in [-0.39, 0.29) is 23.7 Å². The maximum Gasteiger partial charge on any atom is 0.223 e. The molecule has 0 heterocycles. The molecule has 25 heavy (non-hydrogen) atoms.